The molecule has 0 aliphatic carbocycles. The second-order valence-electron chi connectivity index (χ2n) is 4.92. The third-order valence-electron chi connectivity index (χ3n) is 3.60. The van der Waals surface area contributed by atoms with Crippen LogP contribution in [0, 0.1) is 0 Å². The van der Waals surface area contributed by atoms with Crippen molar-refractivity contribution in [3.8, 4) is 5.75 Å². The molecule has 0 amide bonds. The van der Waals surface area contributed by atoms with Gasteiger partial charge in [0.25, 0.3) is 0 Å². The monoisotopic (exact) mass is 294 g/mol. The molecule has 0 spiro atoms. The number of alkyl halides is 3. The first-order valence-electron chi connectivity index (χ1n) is 6.57. The van der Waals surface area contributed by atoms with E-state index in [2.05, 4.69) is 0 Å². The Morgan fingerprint density at radius 1 is 1.00 bits per heavy atom. The Hall–Kier alpha value is -2.01. The van der Waals surface area contributed by atoms with E-state index in [1.54, 1.807) is 12.1 Å². The Morgan fingerprint density at radius 2 is 1.71 bits per heavy atom. The predicted octanol–water partition coefficient (Wildman–Crippen LogP) is 3.72. The smallest absolute Gasteiger partial charge is 0.416 e. The number of halogens is 3. The minimum atomic E-state index is -4.50. The van der Waals surface area contributed by atoms with E-state index in [4.69, 9.17) is 4.74 Å². The lowest BCUT2D eigenvalue weighted by Crippen LogP contribution is -2.13. The lowest BCUT2D eigenvalue weighted by molar-refractivity contribution is -0.139. The SMILES string of the molecule is OC(c1ccccc1C(F)(F)F)c1cccc2c1OCC2. The molecular formula is C16H13F3O2. The van der Waals surface area contributed by atoms with E-state index < -0.39 is 17.8 Å². The summed E-state index contributed by atoms with van der Waals surface area (Å²) in [5, 5.41) is 10.4. The molecule has 1 aliphatic rings. The number of ether oxygens (including phenoxy) is 1. The van der Waals surface area contributed by atoms with Crippen molar-refractivity contribution in [1.82, 2.24) is 0 Å². The lowest BCUT2D eigenvalue weighted by Gasteiger charge is -2.19. The zero-order valence-electron chi connectivity index (χ0n) is 11.0. The van der Waals surface area contributed by atoms with E-state index in [0.29, 0.717) is 24.3 Å². The maximum Gasteiger partial charge on any atom is 0.416 e. The average Bonchev–Trinajstić information content (AvgIpc) is 2.94. The molecule has 0 bridgehead atoms. The predicted molar refractivity (Wildman–Crippen MR) is 71.1 cm³/mol. The number of aliphatic hydroxyl groups excluding tert-OH is 1. The molecule has 0 aromatic heterocycles. The molecule has 0 radical (unpaired) electrons. The summed E-state index contributed by atoms with van der Waals surface area (Å²) in [4.78, 5) is 0. The van der Waals surface area contributed by atoms with Gasteiger partial charge in [-0.1, -0.05) is 36.4 Å². The fourth-order valence-corrected chi connectivity index (χ4v) is 2.62. The molecule has 5 heteroatoms. The van der Waals surface area contributed by atoms with Gasteiger partial charge >= 0.3 is 6.18 Å². The third-order valence-corrected chi connectivity index (χ3v) is 3.60. The molecule has 0 saturated heterocycles. The Labute approximate surface area is 119 Å². The highest BCUT2D eigenvalue weighted by Gasteiger charge is 2.35. The maximum absolute atomic E-state index is 13.1. The summed E-state index contributed by atoms with van der Waals surface area (Å²) < 4.78 is 44.6. The minimum absolute atomic E-state index is 0.158. The number of hydrogen-bond donors (Lipinski definition) is 1. The van der Waals surface area contributed by atoms with Crippen LogP contribution in [-0.2, 0) is 12.6 Å². The van der Waals surface area contributed by atoms with Crippen molar-refractivity contribution in [2.75, 3.05) is 6.61 Å². The van der Waals surface area contributed by atoms with Crippen molar-refractivity contribution in [3.63, 3.8) is 0 Å². The van der Waals surface area contributed by atoms with Crippen LogP contribution in [0.15, 0.2) is 42.5 Å². The van der Waals surface area contributed by atoms with Crippen LogP contribution in [0.3, 0.4) is 0 Å². The molecule has 1 atom stereocenters. The quantitative estimate of drug-likeness (QED) is 0.914. The van der Waals surface area contributed by atoms with Gasteiger partial charge in [-0.25, -0.2) is 0 Å². The third kappa shape index (κ3) is 2.49. The summed E-state index contributed by atoms with van der Waals surface area (Å²) in [7, 11) is 0. The van der Waals surface area contributed by atoms with Gasteiger partial charge in [-0.05, 0) is 17.2 Å². The molecule has 110 valence electrons. The summed E-state index contributed by atoms with van der Waals surface area (Å²) in [5.74, 6) is 0.502. The van der Waals surface area contributed by atoms with Crippen LogP contribution in [0.1, 0.15) is 28.4 Å². The van der Waals surface area contributed by atoms with Crippen LogP contribution in [0.2, 0.25) is 0 Å². The standard InChI is InChI=1S/C16H13F3O2/c17-16(18,19)13-7-2-1-5-11(13)14(20)12-6-3-4-10-8-9-21-15(10)12/h1-7,14,20H,8-9H2. The fourth-order valence-electron chi connectivity index (χ4n) is 2.62. The van der Waals surface area contributed by atoms with Crippen LogP contribution in [-0.4, -0.2) is 11.7 Å². The molecule has 1 aliphatic heterocycles. The van der Waals surface area contributed by atoms with Crippen molar-refractivity contribution < 1.29 is 23.0 Å². The molecule has 2 aromatic rings. The summed E-state index contributed by atoms with van der Waals surface area (Å²) >= 11 is 0. The highest BCUT2D eigenvalue weighted by atomic mass is 19.4. The molecular weight excluding hydrogens is 281 g/mol. The summed E-state index contributed by atoms with van der Waals surface area (Å²) in [6.45, 7) is 0.486. The van der Waals surface area contributed by atoms with E-state index in [0.717, 1.165) is 11.6 Å². The van der Waals surface area contributed by atoms with Gasteiger partial charge < -0.3 is 9.84 Å². The fraction of sp³-hybridized carbons (Fsp3) is 0.250. The Morgan fingerprint density at radius 3 is 2.48 bits per heavy atom. The largest absolute Gasteiger partial charge is 0.493 e. The summed E-state index contributed by atoms with van der Waals surface area (Å²) in [6.07, 6.45) is -5.16. The van der Waals surface area contributed by atoms with Crippen molar-refractivity contribution >= 4 is 0 Å². The second kappa shape index (κ2) is 5.07. The van der Waals surface area contributed by atoms with Crippen LogP contribution in [0.4, 0.5) is 13.2 Å². The van der Waals surface area contributed by atoms with Crippen molar-refractivity contribution in [3.05, 3.63) is 64.7 Å². The number of rotatable bonds is 2. The van der Waals surface area contributed by atoms with Crippen LogP contribution < -0.4 is 4.74 Å². The number of aliphatic hydroxyl groups is 1. The number of fused-ring (bicyclic) bond motifs is 1. The zero-order valence-corrected chi connectivity index (χ0v) is 11.0. The Bertz CT molecular complexity index is 665. The van der Waals surface area contributed by atoms with Crippen molar-refractivity contribution in [2.24, 2.45) is 0 Å². The maximum atomic E-state index is 13.1. The van der Waals surface area contributed by atoms with Gasteiger partial charge in [-0.2, -0.15) is 13.2 Å². The van der Waals surface area contributed by atoms with Crippen LogP contribution >= 0.6 is 0 Å². The molecule has 1 heterocycles. The molecule has 21 heavy (non-hydrogen) atoms. The van der Waals surface area contributed by atoms with E-state index in [1.807, 2.05) is 6.07 Å². The molecule has 2 aromatic carbocycles. The van der Waals surface area contributed by atoms with Gasteiger partial charge in [-0.15, -0.1) is 0 Å². The molecule has 2 nitrogen and oxygen atoms in total. The number of benzene rings is 2. The van der Waals surface area contributed by atoms with E-state index >= 15 is 0 Å². The molecule has 0 saturated carbocycles. The highest BCUT2D eigenvalue weighted by molar-refractivity contribution is 5.49. The van der Waals surface area contributed by atoms with Gasteiger partial charge in [0.15, 0.2) is 0 Å². The first-order chi connectivity index (χ1) is 9.98. The zero-order chi connectivity index (χ0) is 15.0. The van der Waals surface area contributed by atoms with Crippen LogP contribution in [0.25, 0.3) is 0 Å². The molecule has 3 rings (SSSR count). The van der Waals surface area contributed by atoms with E-state index in [-0.39, 0.29) is 5.56 Å². The van der Waals surface area contributed by atoms with Crippen LogP contribution in [0.5, 0.6) is 5.75 Å². The number of para-hydroxylation sites is 1. The first-order valence-corrected chi connectivity index (χ1v) is 6.57. The molecule has 1 unspecified atom stereocenters. The average molecular weight is 294 g/mol. The Balaban J connectivity index is 2.08. The normalized spacial score (nSPS) is 15.4. The Kier molecular flexibility index (Phi) is 3.37. The van der Waals surface area contributed by atoms with E-state index in [1.165, 1.54) is 18.2 Å². The molecule has 1 N–H and O–H groups in total. The summed E-state index contributed by atoms with van der Waals surface area (Å²) in [6, 6.07) is 10.2. The van der Waals surface area contributed by atoms with Crippen molar-refractivity contribution in [2.45, 2.75) is 18.7 Å². The molecule has 0 fully saturated rings. The lowest BCUT2D eigenvalue weighted by atomic mass is 9.94. The number of hydrogen-bond acceptors (Lipinski definition) is 2. The summed E-state index contributed by atoms with van der Waals surface area (Å²) in [5.41, 5.74) is 0.305. The second-order valence-corrected chi connectivity index (χ2v) is 4.92. The van der Waals surface area contributed by atoms with Gasteiger partial charge in [0.1, 0.15) is 11.9 Å². The van der Waals surface area contributed by atoms with Gasteiger partial charge in [0.2, 0.25) is 0 Å². The van der Waals surface area contributed by atoms with E-state index in [9.17, 15) is 18.3 Å². The topological polar surface area (TPSA) is 29.5 Å². The minimum Gasteiger partial charge on any atom is -0.493 e. The van der Waals surface area contributed by atoms with Crippen molar-refractivity contribution in [1.29, 1.82) is 0 Å². The highest BCUT2D eigenvalue weighted by Crippen LogP contribution is 2.40. The van der Waals surface area contributed by atoms with Gasteiger partial charge in [0, 0.05) is 12.0 Å². The first kappa shape index (κ1) is 13.9. The van der Waals surface area contributed by atoms with Gasteiger partial charge in [-0.3, -0.25) is 0 Å². The van der Waals surface area contributed by atoms with Gasteiger partial charge in [0.05, 0.1) is 12.2 Å².